The van der Waals surface area contributed by atoms with Gasteiger partial charge in [-0.25, -0.2) is 8.42 Å². The highest BCUT2D eigenvalue weighted by atomic mass is 35.5. The van der Waals surface area contributed by atoms with Gasteiger partial charge in [0.05, 0.1) is 11.9 Å². The molecule has 10 heteroatoms. The van der Waals surface area contributed by atoms with Gasteiger partial charge in [-0.05, 0) is 49.6 Å². The fourth-order valence-electron chi connectivity index (χ4n) is 3.48. The Kier molecular flexibility index (Phi) is 9.57. The Morgan fingerprint density at radius 1 is 1.09 bits per heavy atom. The number of nitrogens with zero attached hydrogens (tertiary/aromatic N) is 2. The highest BCUT2D eigenvalue weighted by molar-refractivity contribution is 7.92. The van der Waals surface area contributed by atoms with Gasteiger partial charge >= 0.3 is 0 Å². The van der Waals surface area contributed by atoms with Crippen LogP contribution >= 0.6 is 23.2 Å². The molecule has 2 amide bonds. The van der Waals surface area contributed by atoms with Crippen molar-refractivity contribution >= 4 is 50.7 Å². The summed E-state index contributed by atoms with van der Waals surface area (Å²) >= 11 is 12.3. The predicted molar refractivity (Wildman–Crippen MR) is 133 cm³/mol. The first kappa shape index (κ1) is 27.0. The van der Waals surface area contributed by atoms with Gasteiger partial charge in [-0.2, -0.15) is 0 Å². The third-order valence-corrected chi connectivity index (χ3v) is 6.87. The second-order valence-corrected chi connectivity index (χ2v) is 10.4. The van der Waals surface area contributed by atoms with Crippen LogP contribution in [-0.2, 0) is 26.2 Å². The highest BCUT2D eigenvalue weighted by Crippen LogP contribution is 2.26. The molecule has 1 atom stereocenters. The van der Waals surface area contributed by atoms with Crippen molar-refractivity contribution in [3.05, 3.63) is 63.6 Å². The van der Waals surface area contributed by atoms with Crippen LogP contribution in [0, 0.1) is 6.92 Å². The molecule has 33 heavy (non-hydrogen) atoms. The molecule has 2 aromatic rings. The lowest BCUT2D eigenvalue weighted by Gasteiger charge is -2.33. The topological polar surface area (TPSA) is 86.8 Å². The van der Waals surface area contributed by atoms with Gasteiger partial charge in [-0.1, -0.05) is 54.4 Å². The smallest absolute Gasteiger partial charge is 0.244 e. The van der Waals surface area contributed by atoms with E-state index in [9.17, 15) is 18.0 Å². The van der Waals surface area contributed by atoms with Crippen molar-refractivity contribution in [1.82, 2.24) is 10.2 Å². The molecule has 2 aromatic carbocycles. The average Bonchev–Trinajstić information content (AvgIpc) is 2.73. The van der Waals surface area contributed by atoms with Crippen LogP contribution in [0.15, 0.2) is 42.5 Å². The standard InChI is InChI=1S/C23H29Cl2N3O4S/c1-5-20(23(30)26-6-2)27(14-17-11-12-18(24)13-19(17)25)22(29)15-28(33(4,31)32)21-10-8-7-9-16(21)3/h7-13,20H,5-6,14-15H2,1-4H3,(H,26,30)/t20-/m1/s1. The summed E-state index contributed by atoms with van der Waals surface area (Å²) in [5.74, 6) is -0.840. The Bertz CT molecular complexity index is 1110. The maximum atomic E-state index is 13.5. The molecular weight excluding hydrogens is 485 g/mol. The van der Waals surface area contributed by atoms with Crippen LogP contribution in [0.4, 0.5) is 5.69 Å². The second-order valence-electron chi connectivity index (χ2n) is 7.63. The monoisotopic (exact) mass is 513 g/mol. The van der Waals surface area contributed by atoms with Crippen LogP contribution in [0.1, 0.15) is 31.4 Å². The molecule has 7 nitrogen and oxygen atoms in total. The SMILES string of the molecule is CCNC(=O)[C@@H](CC)N(Cc1ccc(Cl)cc1Cl)C(=O)CN(c1ccccc1C)S(C)(=O)=O. The molecule has 0 spiro atoms. The Labute approximate surface area is 205 Å². The Morgan fingerprint density at radius 2 is 1.76 bits per heavy atom. The van der Waals surface area contributed by atoms with Crippen LogP contribution < -0.4 is 9.62 Å². The number of aryl methyl sites for hydroxylation is 1. The van der Waals surface area contributed by atoms with E-state index in [1.165, 1.54) is 4.90 Å². The fraction of sp³-hybridized carbons (Fsp3) is 0.391. The van der Waals surface area contributed by atoms with Gasteiger partial charge in [0.25, 0.3) is 0 Å². The number of sulfonamides is 1. The van der Waals surface area contributed by atoms with Crippen molar-refractivity contribution in [1.29, 1.82) is 0 Å². The summed E-state index contributed by atoms with van der Waals surface area (Å²) in [5.41, 5.74) is 1.71. The van der Waals surface area contributed by atoms with Crippen LogP contribution in [-0.4, -0.2) is 50.5 Å². The molecule has 0 aliphatic heterocycles. The number of benzene rings is 2. The average molecular weight is 514 g/mol. The van der Waals surface area contributed by atoms with Crippen molar-refractivity contribution in [3.63, 3.8) is 0 Å². The number of anilines is 1. The summed E-state index contributed by atoms with van der Waals surface area (Å²) in [6.45, 7) is 5.32. The number of carbonyl (C=O) groups is 2. The fourth-order valence-corrected chi connectivity index (χ4v) is 4.86. The predicted octanol–water partition coefficient (Wildman–Crippen LogP) is 4.01. The number of amides is 2. The van der Waals surface area contributed by atoms with Gasteiger partial charge < -0.3 is 10.2 Å². The summed E-state index contributed by atoms with van der Waals surface area (Å²) in [4.78, 5) is 27.7. The minimum absolute atomic E-state index is 0.0237. The van der Waals surface area contributed by atoms with Crippen LogP contribution in [0.3, 0.4) is 0 Å². The molecule has 0 bridgehead atoms. The van der Waals surface area contributed by atoms with E-state index in [0.29, 0.717) is 39.8 Å². The lowest BCUT2D eigenvalue weighted by atomic mass is 10.1. The molecule has 0 aliphatic rings. The van der Waals surface area contributed by atoms with Gasteiger partial charge in [0, 0.05) is 23.1 Å². The quantitative estimate of drug-likeness (QED) is 0.519. The van der Waals surface area contributed by atoms with Gasteiger partial charge in [-0.15, -0.1) is 0 Å². The zero-order chi connectivity index (χ0) is 24.8. The van der Waals surface area contributed by atoms with Gasteiger partial charge in [0.1, 0.15) is 12.6 Å². The summed E-state index contributed by atoms with van der Waals surface area (Å²) in [6.07, 6.45) is 1.39. The molecule has 1 N–H and O–H groups in total. The van der Waals surface area contributed by atoms with Crippen molar-refractivity contribution in [2.75, 3.05) is 23.7 Å². The molecule has 0 fully saturated rings. The van der Waals surface area contributed by atoms with Crippen molar-refractivity contribution in [2.24, 2.45) is 0 Å². The molecule has 0 unspecified atom stereocenters. The van der Waals surface area contributed by atoms with E-state index in [4.69, 9.17) is 23.2 Å². The molecule has 0 saturated carbocycles. The molecule has 0 radical (unpaired) electrons. The second kappa shape index (κ2) is 11.7. The lowest BCUT2D eigenvalue weighted by Crippen LogP contribution is -2.52. The molecule has 0 aromatic heterocycles. The first-order chi connectivity index (χ1) is 15.5. The number of para-hydroxylation sites is 1. The lowest BCUT2D eigenvalue weighted by molar-refractivity contribution is -0.140. The van der Waals surface area contributed by atoms with Gasteiger partial charge in [0.2, 0.25) is 21.8 Å². The molecule has 180 valence electrons. The third kappa shape index (κ3) is 7.09. The van der Waals surface area contributed by atoms with E-state index in [1.807, 2.05) is 0 Å². The first-order valence-corrected chi connectivity index (χ1v) is 13.1. The number of rotatable bonds is 10. The minimum Gasteiger partial charge on any atom is -0.355 e. The maximum Gasteiger partial charge on any atom is 0.244 e. The number of nitrogens with one attached hydrogen (secondary N) is 1. The number of carbonyl (C=O) groups excluding carboxylic acids is 2. The van der Waals surface area contributed by atoms with Gasteiger partial charge in [-0.3, -0.25) is 13.9 Å². The first-order valence-electron chi connectivity index (χ1n) is 10.5. The van der Waals surface area contributed by atoms with E-state index < -0.39 is 28.5 Å². The Hall–Kier alpha value is -2.29. The number of halogens is 2. The largest absolute Gasteiger partial charge is 0.355 e. The van der Waals surface area contributed by atoms with Gasteiger partial charge in [0.15, 0.2) is 0 Å². The summed E-state index contributed by atoms with van der Waals surface area (Å²) in [7, 11) is -3.78. The third-order valence-electron chi connectivity index (χ3n) is 5.16. The van der Waals surface area contributed by atoms with E-state index in [0.717, 1.165) is 10.6 Å². The van der Waals surface area contributed by atoms with E-state index in [-0.39, 0.29) is 12.5 Å². The maximum absolute atomic E-state index is 13.5. The van der Waals surface area contributed by atoms with Crippen LogP contribution in [0.2, 0.25) is 10.0 Å². The number of hydrogen-bond acceptors (Lipinski definition) is 4. The zero-order valence-corrected chi connectivity index (χ0v) is 21.5. The van der Waals surface area contributed by atoms with Crippen molar-refractivity contribution < 1.29 is 18.0 Å². The number of hydrogen-bond donors (Lipinski definition) is 1. The van der Waals surface area contributed by atoms with E-state index >= 15 is 0 Å². The molecule has 2 rings (SSSR count). The Morgan fingerprint density at radius 3 is 2.30 bits per heavy atom. The van der Waals surface area contributed by atoms with Crippen molar-refractivity contribution in [3.8, 4) is 0 Å². The van der Waals surface area contributed by atoms with Crippen LogP contribution in [0.5, 0.6) is 0 Å². The Balaban J connectivity index is 2.48. The van der Waals surface area contributed by atoms with Crippen molar-refractivity contribution in [2.45, 2.75) is 39.8 Å². The molecule has 0 heterocycles. The summed E-state index contributed by atoms with van der Waals surface area (Å²) in [6, 6.07) is 11.0. The van der Waals surface area contributed by atoms with E-state index in [1.54, 1.807) is 63.2 Å². The van der Waals surface area contributed by atoms with Crippen LogP contribution in [0.25, 0.3) is 0 Å². The van der Waals surface area contributed by atoms with E-state index in [2.05, 4.69) is 5.32 Å². The number of likely N-dealkylation sites (N-methyl/N-ethyl adjacent to an activating group) is 1. The summed E-state index contributed by atoms with van der Waals surface area (Å²) in [5, 5.41) is 3.54. The summed E-state index contributed by atoms with van der Waals surface area (Å²) < 4.78 is 26.3. The highest BCUT2D eigenvalue weighted by Gasteiger charge is 2.32. The molecular formula is C23H29Cl2N3O4S. The normalized spacial score (nSPS) is 12.2. The minimum atomic E-state index is -3.78. The molecule has 0 aliphatic carbocycles. The zero-order valence-electron chi connectivity index (χ0n) is 19.1. The molecule has 0 saturated heterocycles.